The van der Waals surface area contributed by atoms with E-state index in [1.807, 2.05) is 0 Å². The number of aryl methyl sites for hydroxylation is 1. The van der Waals surface area contributed by atoms with Gasteiger partial charge >= 0.3 is 14.9 Å². The van der Waals surface area contributed by atoms with E-state index >= 15 is 0 Å². The first-order valence-corrected chi connectivity index (χ1v) is 11.3. The lowest BCUT2D eigenvalue weighted by atomic mass is 9.86. The molecule has 2 rings (SSSR count). The number of ether oxygens (including phenoxy) is 1. The Morgan fingerprint density at radius 3 is 2.57 bits per heavy atom. The minimum absolute atomic E-state index is 0.139. The number of alkyl halides is 3. The van der Waals surface area contributed by atoms with E-state index in [0.717, 1.165) is 18.9 Å². The molecule has 2 atom stereocenters. The molecule has 0 heterocycles. The van der Waals surface area contributed by atoms with Crippen LogP contribution in [0.2, 0.25) is 0 Å². The quantitative estimate of drug-likeness (QED) is 0.345. The van der Waals surface area contributed by atoms with Gasteiger partial charge in [0.2, 0.25) is 0 Å². The Hall–Kier alpha value is -1.21. The lowest BCUT2D eigenvalue weighted by Gasteiger charge is -2.24. The van der Waals surface area contributed by atoms with E-state index in [-0.39, 0.29) is 31.8 Å². The molecule has 0 bridgehead atoms. The maximum absolute atomic E-state index is 13.5. The van der Waals surface area contributed by atoms with Crippen LogP contribution >= 0.6 is 8.69 Å². The fourth-order valence-corrected chi connectivity index (χ4v) is 4.22. The number of hydrogen-bond acceptors (Lipinski definition) is 5. The summed E-state index contributed by atoms with van der Waals surface area (Å²) in [5, 5.41) is 9.43. The molecule has 0 saturated heterocycles. The molecule has 30 heavy (non-hydrogen) atoms. The minimum atomic E-state index is -4.53. The molecule has 1 aromatic rings. The summed E-state index contributed by atoms with van der Waals surface area (Å²) in [5.74, 6) is 0.507. The molecule has 1 aliphatic rings. The molecular formula is C21H32F3NO4P+. The second-order valence-corrected chi connectivity index (χ2v) is 8.67. The number of benzene rings is 1. The van der Waals surface area contributed by atoms with Crippen molar-refractivity contribution in [1.29, 1.82) is 0 Å². The van der Waals surface area contributed by atoms with E-state index in [1.54, 1.807) is 6.07 Å². The normalized spacial score (nSPS) is 17.8. The lowest BCUT2D eigenvalue weighted by Crippen LogP contribution is -2.47. The van der Waals surface area contributed by atoms with Gasteiger partial charge in [-0.1, -0.05) is 38.2 Å². The van der Waals surface area contributed by atoms with Crippen molar-refractivity contribution < 1.29 is 32.1 Å². The Kier molecular flexibility index (Phi) is 10.0. The Labute approximate surface area is 177 Å². The van der Waals surface area contributed by atoms with Gasteiger partial charge < -0.3 is 15.6 Å². The highest BCUT2D eigenvalue weighted by atomic mass is 31.1. The summed E-state index contributed by atoms with van der Waals surface area (Å²) >= 11 is 0. The van der Waals surface area contributed by atoms with Crippen LogP contribution in [-0.4, -0.2) is 30.5 Å². The highest BCUT2D eigenvalue weighted by Crippen LogP contribution is 2.37. The summed E-state index contributed by atoms with van der Waals surface area (Å²) in [6, 6.07) is 4.01. The summed E-state index contributed by atoms with van der Waals surface area (Å²) in [4.78, 5) is 0. The number of rotatable bonds is 12. The maximum Gasteiger partial charge on any atom is 0.494 e. The van der Waals surface area contributed by atoms with Gasteiger partial charge in [-0.3, -0.25) is 0 Å². The predicted molar refractivity (Wildman–Crippen MR) is 110 cm³/mol. The van der Waals surface area contributed by atoms with Crippen molar-refractivity contribution in [2.75, 3.05) is 19.8 Å². The Balaban J connectivity index is 1.96. The number of aliphatic hydroxyl groups is 1. The van der Waals surface area contributed by atoms with Crippen molar-refractivity contribution in [2.24, 2.45) is 11.7 Å². The van der Waals surface area contributed by atoms with Crippen molar-refractivity contribution in [3.63, 3.8) is 0 Å². The second-order valence-electron chi connectivity index (χ2n) is 8.22. The van der Waals surface area contributed by atoms with Crippen LogP contribution in [0.4, 0.5) is 13.2 Å². The third kappa shape index (κ3) is 8.14. The minimum Gasteiger partial charge on any atom is -0.493 e. The van der Waals surface area contributed by atoms with Crippen molar-refractivity contribution in [1.82, 2.24) is 0 Å². The van der Waals surface area contributed by atoms with Gasteiger partial charge in [-0.15, -0.1) is 4.52 Å². The van der Waals surface area contributed by atoms with Crippen LogP contribution in [0.3, 0.4) is 0 Å². The molecule has 1 saturated carbocycles. The largest absolute Gasteiger partial charge is 0.494 e. The first-order valence-electron chi connectivity index (χ1n) is 10.5. The third-order valence-electron chi connectivity index (χ3n) is 5.73. The molecule has 9 heteroatoms. The van der Waals surface area contributed by atoms with E-state index < -0.39 is 32.6 Å². The van der Waals surface area contributed by atoms with Crippen LogP contribution in [0.15, 0.2) is 18.2 Å². The van der Waals surface area contributed by atoms with Gasteiger partial charge in [0, 0.05) is 0 Å². The molecule has 3 N–H and O–H groups in total. The van der Waals surface area contributed by atoms with Gasteiger partial charge in [-0.25, -0.2) is 0 Å². The van der Waals surface area contributed by atoms with Gasteiger partial charge in [-0.05, 0) is 53.9 Å². The summed E-state index contributed by atoms with van der Waals surface area (Å²) in [5.41, 5.74) is 4.44. The molecule has 0 radical (unpaired) electrons. The zero-order chi connectivity index (χ0) is 22.0. The molecule has 0 aromatic heterocycles. The smallest absolute Gasteiger partial charge is 0.493 e. The SMILES string of the molecule is NC(CO)(CCc1ccc(OCCCC2CCCCC2)c(C(F)(F)F)c1)CO[PH+]=O. The number of nitrogens with two attached hydrogens (primary N) is 1. The summed E-state index contributed by atoms with van der Waals surface area (Å²) in [7, 11) is -1.01. The molecule has 1 aliphatic carbocycles. The number of halogens is 3. The van der Waals surface area contributed by atoms with Crippen LogP contribution in [0, 0.1) is 5.92 Å². The molecular weight excluding hydrogens is 418 g/mol. The van der Waals surface area contributed by atoms with E-state index in [9.17, 15) is 22.8 Å². The van der Waals surface area contributed by atoms with Crippen LogP contribution in [0.25, 0.3) is 0 Å². The van der Waals surface area contributed by atoms with Crippen molar-refractivity contribution in [2.45, 2.75) is 69.5 Å². The van der Waals surface area contributed by atoms with Crippen molar-refractivity contribution in [3.8, 4) is 5.75 Å². The van der Waals surface area contributed by atoms with E-state index in [4.69, 9.17) is 15.0 Å². The lowest BCUT2D eigenvalue weighted by molar-refractivity contribution is -0.139. The molecule has 5 nitrogen and oxygen atoms in total. The fraction of sp³-hybridized carbons (Fsp3) is 0.714. The van der Waals surface area contributed by atoms with E-state index in [2.05, 4.69) is 0 Å². The molecule has 1 fully saturated rings. The zero-order valence-corrected chi connectivity index (χ0v) is 18.2. The number of hydrogen-bond donors (Lipinski definition) is 2. The molecule has 0 aliphatic heterocycles. The molecule has 170 valence electrons. The van der Waals surface area contributed by atoms with Gasteiger partial charge in [-0.2, -0.15) is 13.2 Å². The zero-order valence-electron chi connectivity index (χ0n) is 17.2. The van der Waals surface area contributed by atoms with Gasteiger partial charge in [0.1, 0.15) is 12.4 Å². The first-order chi connectivity index (χ1) is 14.3. The standard InChI is InChI=1S/C21H32F3NO4P/c22-21(23,24)18-13-17(10-11-20(25,14-26)15-29-30-27)8-9-19(18)28-12-4-7-16-5-2-1-3-6-16/h8-9,13,16,26,30H,1-7,10-12,14-15,25H2/q+1. The molecule has 2 unspecified atom stereocenters. The van der Waals surface area contributed by atoms with Crippen molar-refractivity contribution >= 4 is 8.69 Å². The average Bonchev–Trinajstić information content (AvgIpc) is 2.74. The number of aliphatic hydroxyl groups excluding tert-OH is 1. The van der Waals surface area contributed by atoms with Crippen molar-refractivity contribution in [3.05, 3.63) is 29.3 Å². The highest BCUT2D eigenvalue weighted by molar-refractivity contribution is 7.17. The molecule has 0 amide bonds. The van der Waals surface area contributed by atoms with Gasteiger partial charge in [0.05, 0.1) is 24.3 Å². The monoisotopic (exact) mass is 450 g/mol. The highest BCUT2D eigenvalue weighted by Gasteiger charge is 2.35. The fourth-order valence-electron chi connectivity index (χ4n) is 3.87. The summed E-state index contributed by atoms with van der Waals surface area (Å²) in [6.45, 7) is -0.297. The maximum atomic E-state index is 13.5. The van der Waals surface area contributed by atoms with Crippen LogP contribution < -0.4 is 10.5 Å². The average molecular weight is 450 g/mol. The first kappa shape index (κ1) is 25.1. The van der Waals surface area contributed by atoms with Crippen LogP contribution in [0.5, 0.6) is 5.75 Å². The van der Waals surface area contributed by atoms with E-state index in [1.165, 1.54) is 38.2 Å². The second kappa shape index (κ2) is 12.0. The Morgan fingerprint density at radius 2 is 1.93 bits per heavy atom. The van der Waals surface area contributed by atoms with Gasteiger partial charge in [0.15, 0.2) is 0 Å². The van der Waals surface area contributed by atoms with E-state index in [0.29, 0.717) is 11.5 Å². The third-order valence-corrected chi connectivity index (χ3v) is 6.00. The van der Waals surface area contributed by atoms with Crippen LogP contribution in [0.1, 0.15) is 62.5 Å². The Bertz CT molecular complexity index is 668. The molecule has 0 spiro atoms. The van der Waals surface area contributed by atoms with Gasteiger partial charge in [0.25, 0.3) is 0 Å². The predicted octanol–water partition coefficient (Wildman–Crippen LogP) is 5.02. The summed E-state index contributed by atoms with van der Waals surface area (Å²) < 4.78 is 61.3. The summed E-state index contributed by atoms with van der Waals surface area (Å²) in [6.07, 6.45) is 3.80. The van der Waals surface area contributed by atoms with Crippen LogP contribution in [-0.2, 0) is 21.7 Å². The topological polar surface area (TPSA) is 81.8 Å². The molecule has 1 aromatic carbocycles. The Morgan fingerprint density at radius 1 is 1.20 bits per heavy atom.